The molecule has 1 aromatic heterocycles. The maximum atomic E-state index is 5.50. The maximum Gasteiger partial charge on any atom is 0.0726 e. The van der Waals surface area contributed by atoms with Gasteiger partial charge in [-0.3, -0.25) is 10.8 Å². The van der Waals surface area contributed by atoms with Gasteiger partial charge in [0.2, 0.25) is 0 Å². The molecule has 3 nitrogen and oxygen atoms in total. The van der Waals surface area contributed by atoms with E-state index in [1.165, 1.54) is 0 Å². The molecule has 3 N–H and O–H groups in total. The Hall–Kier alpha value is -1.32. The van der Waals surface area contributed by atoms with Crippen LogP contribution in [0.2, 0.25) is 0 Å². The first-order valence-corrected chi connectivity index (χ1v) is 5.20. The predicted molar refractivity (Wildman–Crippen MR) is 70.8 cm³/mol. The number of anilines is 1. The van der Waals surface area contributed by atoms with Gasteiger partial charge in [0.25, 0.3) is 0 Å². The number of aryl methyl sites for hydroxylation is 1. The Morgan fingerprint density at radius 3 is 2.75 bits per heavy atom. The van der Waals surface area contributed by atoms with Crippen LogP contribution >= 0.6 is 12.4 Å². The summed E-state index contributed by atoms with van der Waals surface area (Å²) in [5.74, 6) is 5.50. The van der Waals surface area contributed by atoms with Crippen molar-refractivity contribution in [2.45, 2.75) is 19.8 Å². The second kappa shape index (κ2) is 5.68. The van der Waals surface area contributed by atoms with Gasteiger partial charge in [-0.15, -0.1) is 12.4 Å². The number of benzene rings is 1. The Bertz CT molecular complexity index is 471. The third-order valence-electron chi connectivity index (χ3n) is 2.43. The molecule has 0 amide bonds. The summed E-state index contributed by atoms with van der Waals surface area (Å²) < 4.78 is 0. The zero-order valence-corrected chi connectivity index (χ0v) is 10.1. The fraction of sp³-hybridized carbons (Fsp3) is 0.250. The second-order valence-corrected chi connectivity index (χ2v) is 3.57. The second-order valence-electron chi connectivity index (χ2n) is 3.57. The highest BCUT2D eigenvalue weighted by atomic mass is 35.5. The zero-order valence-electron chi connectivity index (χ0n) is 9.23. The van der Waals surface area contributed by atoms with Crippen molar-refractivity contribution in [2.24, 2.45) is 5.84 Å². The molecule has 0 bridgehead atoms. The molecule has 2 rings (SSSR count). The van der Waals surface area contributed by atoms with Gasteiger partial charge >= 0.3 is 0 Å². The highest BCUT2D eigenvalue weighted by molar-refractivity contribution is 5.91. The average molecular weight is 238 g/mol. The Balaban J connectivity index is 0.00000128. The van der Waals surface area contributed by atoms with Gasteiger partial charge in [0.05, 0.1) is 11.2 Å². The van der Waals surface area contributed by atoms with Gasteiger partial charge in [0.1, 0.15) is 0 Å². The lowest BCUT2D eigenvalue weighted by Gasteiger charge is -2.07. The van der Waals surface area contributed by atoms with Crippen LogP contribution in [0.3, 0.4) is 0 Å². The summed E-state index contributed by atoms with van der Waals surface area (Å²) in [5.41, 5.74) is 5.76. The molecule has 4 heteroatoms. The third-order valence-corrected chi connectivity index (χ3v) is 2.43. The summed E-state index contributed by atoms with van der Waals surface area (Å²) in [5, 5.41) is 1.07. The quantitative estimate of drug-likeness (QED) is 0.638. The van der Waals surface area contributed by atoms with E-state index in [1.807, 2.05) is 30.3 Å². The fourth-order valence-electron chi connectivity index (χ4n) is 1.73. The largest absolute Gasteiger partial charge is 0.323 e. The van der Waals surface area contributed by atoms with E-state index in [9.17, 15) is 0 Å². The molecule has 0 aliphatic heterocycles. The summed E-state index contributed by atoms with van der Waals surface area (Å²) in [6.07, 6.45) is 2.08. The summed E-state index contributed by atoms with van der Waals surface area (Å²) in [6, 6.07) is 10.0. The number of hydrazine groups is 1. The lowest BCUT2D eigenvalue weighted by atomic mass is 10.1. The van der Waals surface area contributed by atoms with E-state index in [1.54, 1.807) is 0 Å². The van der Waals surface area contributed by atoms with Crippen molar-refractivity contribution in [3.05, 3.63) is 36.0 Å². The molecular formula is C12H16ClN3. The van der Waals surface area contributed by atoms with Crippen molar-refractivity contribution >= 4 is 29.0 Å². The van der Waals surface area contributed by atoms with Gasteiger partial charge in [0, 0.05) is 11.1 Å². The van der Waals surface area contributed by atoms with Gasteiger partial charge in [0.15, 0.2) is 0 Å². The van der Waals surface area contributed by atoms with Crippen LogP contribution < -0.4 is 11.3 Å². The number of nitrogens with one attached hydrogen (secondary N) is 1. The number of halogens is 1. The van der Waals surface area contributed by atoms with E-state index in [2.05, 4.69) is 17.3 Å². The molecule has 0 spiro atoms. The van der Waals surface area contributed by atoms with Crippen LogP contribution in [0.5, 0.6) is 0 Å². The number of nitrogen functional groups attached to an aromatic ring is 1. The third kappa shape index (κ3) is 2.43. The first-order valence-electron chi connectivity index (χ1n) is 5.20. The van der Waals surface area contributed by atoms with E-state index in [-0.39, 0.29) is 12.4 Å². The van der Waals surface area contributed by atoms with Gasteiger partial charge in [-0.1, -0.05) is 31.5 Å². The van der Waals surface area contributed by atoms with Crippen molar-refractivity contribution in [3.8, 4) is 0 Å². The number of fused-ring (bicyclic) bond motifs is 1. The fourth-order valence-corrected chi connectivity index (χ4v) is 1.73. The van der Waals surface area contributed by atoms with Crippen LogP contribution in [-0.4, -0.2) is 4.98 Å². The average Bonchev–Trinajstić information content (AvgIpc) is 2.28. The van der Waals surface area contributed by atoms with Crippen LogP contribution in [0.1, 0.15) is 19.0 Å². The van der Waals surface area contributed by atoms with Gasteiger partial charge in [-0.05, 0) is 18.6 Å². The summed E-state index contributed by atoms with van der Waals surface area (Å²) in [4.78, 5) is 4.58. The van der Waals surface area contributed by atoms with Crippen LogP contribution in [0.25, 0.3) is 10.9 Å². The number of para-hydroxylation sites is 1. The molecule has 0 aliphatic carbocycles. The number of pyridine rings is 1. The molecular weight excluding hydrogens is 222 g/mol. The van der Waals surface area contributed by atoms with E-state index in [0.29, 0.717) is 0 Å². The van der Waals surface area contributed by atoms with Gasteiger partial charge < -0.3 is 5.43 Å². The molecule has 0 unspecified atom stereocenters. The van der Waals surface area contributed by atoms with Gasteiger partial charge in [-0.25, -0.2) is 0 Å². The van der Waals surface area contributed by atoms with Crippen LogP contribution in [0.4, 0.5) is 5.69 Å². The number of rotatable bonds is 3. The highest BCUT2D eigenvalue weighted by Crippen LogP contribution is 2.22. The molecule has 16 heavy (non-hydrogen) atoms. The van der Waals surface area contributed by atoms with Crippen molar-refractivity contribution in [1.29, 1.82) is 0 Å². The standard InChI is InChI=1S/C12H15N3.ClH/c1-2-5-9-8-12(15-13)10-6-3-4-7-11(10)14-9;/h3-4,6-8H,2,5,13H2,1H3,(H,14,15);1H. The first-order chi connectivity index (χ1) is 7.35. The summed E-state index contributed by atoms with van der Waals surface area (Å²) >= 11 is 0. The molecule has 0 aliphatic rings. The number of aromatic nitrogens is 1. The molecule has 0 atom stereocenters. The lowest BCUT2D eigenvalue weighted by Crippen LogP contribution is -2.08. The molecule has 0 saturated heterocycles. The number of nitrogens with zero attached hydrogens (tertiary/aromatic N) is 1. The normalized spacial score (nSPS) is 9.88. The minimum atomic E-state index is 0. The van der Waals surface area contributed by atoms with E-state index >= 15 is 0 Å². The number of hydrogen-bond donors (Lipinski definition) is 2. The molecule has 1 aromatic carbocycles. The van der Waals surface area contributed by atoms with E-state index in [4.69, 9.17) is 5.84 Å². The lowest BCUT2D eigenvalue weighted by molar-refractivity contribution is 0.890. The Morgan fingerprint density at radius 2 is 2.06 bits per heavy atom. The molecule has 1 heterocycles. The van der Waals surface area contributed by atoms with Crippen molar-refractivity contribution < 1.29 is 0 Å². The van der Waals surface area contributed by atoms with Gasteiger partial charge in [-0.2, -0.15) is 0 Å². The Morgan fingerprint density at radius 1 is 1.31 bits per heavy atom. The number of hydrogen-bond acceptors (Lipinski definition) is 3. The first kappa shape index (κ1) is 12.7. The van der Waals surface area contributed by atoms with Crippen LogP contribution in [0, 0.1) is 0 Å². The van der Waals surface area contributed by atoms with Crippen LogP contribution in [-0.2, 0) is 6.42 Å². The summed E-state index contributed by atoms with van der Waals surface area (Å²) in [7, 11) is 0. The minimum Gasteiger partial charge on any atom is -0.323 e. The zero-order chi connectivity index (χ0) is 10.7. The molecule has 86 valence electrons. The Kier molecular flexibility index (Phi) is 4.52. The molecule has 0 saturated carbocycles. The van der Waals surface area contributed by atoms with Crippen molar-refractivity contribution in [1.82, 2.24) is 4.98 Å². The molecule has 0 radical (unpaired) electrons. The highest BCUT2D eigenvalue weighted by Gasteiger charge is 2.03. The monoisotopic (exact) mass is 237 g/mol. The van der Waals surface area contributed by atoms with E-state index < -0.39 is 0 Å². The van der Waals surface area contributed by atoms with Crippen molar-refractivity contribution in [3.63, 3.8) is 0 Å². The predicted octanol–water partition coefficient (Wildman–Crippen LogP) is 2.89. The van der Waals surface area contributed by atoms with Crippen molar-refractivity contribution in [2.75, 3.05) is 5.43 Å². The molecule has 2 aromatic rings. The Labute approximate surface area is 101 Å². The van der Waals surface area contributed by atoms with Crippen LogP contribution in [0.15, 0.2) is 30.3 Å². The SMILES string of the molecule is CCCc1cc(NN)c2ccccc2n1.Cl. The maximum absolute atomic E-state index is 5.50. The molecule has 0 fully saturated rings. The summed E-state index contributed by atoms with van der Waals surface area (Å²) in [6.45, 7) is 2.15. The number of nitrogens with two attached hydrogens (primary N) is 1. The smallest absolute Gasteiger partial charge is 0.0726 e. The minimum absolute atomic E-state index is 0. The topological polar surface area (TPSA) is 50.9 Å². The van der Waals surface area contributed by atoms with E-state index in [0.717, 1.165) is 35.1 Å².